The average molecular weight is 349 g/mol. The monoisotopic (exact) mass is 349 g/mol. The number of nitrogens with zero attached hydrogens (tertiary/aromatic N) is 2. The summed E-state index contributed by atoms with van der Waals surface area (Å²) in [6.07, 6.45) is 0. The van der Waals surface area contributed by atoms with Crippen LogP contribution < -0.4 is 10.2 Å². The number of amides is 2. The van der Waals surface area contributed by atoms with Gasteiger partial charge in [0.15, 0.2) is 11.6 Å². The molecule has 25 heavy (non-hydrogen) atoms. The molecule has 0 radical (unpaired) electrons. The molecule has 0 spiro atoms. The van der Waals surface area contributed by atoms with Crippen LogP contribution >= 0.6 is 0 Å². The molecule has 1 fully saturated rings. The number of urea groups is 1. The molecule has 2 aromatic rings. The van der Waals surface area contributed by atoms with Crippen LogP contribution in [0.1, 0.15) is 5.56 Å². The summed E-state index contributed by atoms with van der Waals surface area (Å²) in [5.74, 6) is -2.07. The van der Waals surface area contributed by atoms with Crippen molar-refractivity contribution in [3.63, 3.8) is 0 Å². The molecular weight excluding hydrogens is 331 g/mol. The van der Waals surface area contributed by atoms with Crippen LogP contribution in [0, 0.1) is 17.5 Å². The van der Waals surface area contributed by atoms with Gasteiger partial charge in [-0.25, -0.2) is 18.0 Å². The average Bonchev–Trinajstić information content (AvgIpc) is 2.63. The number of benzene rings is 2. The Bertz CT molecular complexity index is 744. The fraction of sp³-hybridized carbons (Fsp3) is 0.278. The number of hydrogen-bond donors (Lipinski definition) is 1. The molecule has 0 saturated carbocycles. The fourth-order valence-electron chi connectivity index (χ4n) is 2.74. The van der Waals surface area contributed by atoms with Gasteiger partial charge in [-0.3, -0.25) is 0 Å². The molecule has 0 aliphatic carbocycles. The Labute approximate surface area is 143 Å². The van der Waals surface area contributed by atoms with E-state index >= 15 is 0 Å². The molecule has 3 rings (SSSR count). The molecule has 1 heterocycles. The molecule has 1 aliphatic rings. The molecule has 1 N–H and O–H groups in total. The normalized spacial score (nSPS) is 14.5. The Balaban J connectivity index is 1.50. The minimum Gasteiger partial charge on any atom is -0.368 e. The minimum atomic E-state index is -0.878. The van der Waals surface area contributed by atoms with E-state index in [1.165, 1.54) is 24.3 Å². The molecule has 1 aliphatic heterocycles. The molecule has 0 aromatic heterocycles. The van der Waals surface area contributed by atoms with Gasteiger partial charge in [0, 0.05) is 44.5 Å². The fourth-order valence-corrected chi connectivity index (χ4v) is 2.74. The molecule has 0 bridgehead atoms. The molecule has 7 heteroatoms. The first-order valence-electron chi connectivity index (χ1n) is 8.00. The Morgan fingerprint density at radius 1 is 0.920 bits per heavy atom. The standard InChI is InChI=1S/C18H18F3N3O/c19-14-3-1-13(2-4-14)12-22-18(25)24-9-7-23(8-10-24)15-5-6-16(20)17(21)11-15/h1-6,11H,7-10,12H2,(H,22,25). The van der Waals surface area contributed by atoms with Crippen LogP contribution in [0.15, 0.2) is 42.5 Å². The van der Waals surface area contributed by atoms with Gasteiger partial charge in [-0.1, -0.05) is 12.1 Å². The largest absolute Gasteiger partial charge is 0.368 e. The van der Waals surface area contributed by atoms with Gasteiger partial charge in [0.1, 0.15) is 5.82 Å². The van der Waals surface area contributed by atoms with Gasteiger partial charge >= 0.3 is 6.03 Å². The number of hydrogen-bond acceptors (Lipinski definition) is 2. The summed E-state index contributed by atoms with van der Waals surface area (Å²) in [5.41, 5.74) is 1.42. The highest BCUT2D eigenvalue weighted by molar-refractivity contribution is 5.74. The molecular formula is C18H18F3N3O. The van der Waals surface area contributed by atoms with Crippen molar-refractivity contribution < 1.29 is 18.0 Å². The second-order valence-electron chi connectivity index (χ2n) is 5.86. The molecule has 4 nitrogen and oxygen atoms in total. The Morgan fingerprint density at radius 3 is 2.24 bits per heavy atom. The van der Waals surface area contributed by atoms with Crippen molar-refractivity contribution in [2.24, 2.45) is 0 Å². The Hall–Kier alpha value is -2.70. The highest BCUT2D eigenvalue weighted by atomic mass is 19.2. The van der Waals surface area contributed by atoms with Gasteiger partial charge in [0.2, 0.25) is 0 Å². The van der Waals surface area contributed by atoms with E-state index in [4.69, 9.17) is 0 Å². The zero-order chi connectivity index (χ0) is 17.8. The van der Waals surface area contributed by atoms with Crippen molar-refractivity contribution in [1.82, 2.24) is 10.2 Å². The van der Waals surface area contributed by atoms with Gasteiger partial charge in [-0.15, -0.1) is 0 Å². The lowest BCUT2D eigenvalue weighted by Crippen LogP contribution is -2.51. The zero-order valence-corrected chi connectivity index (χ0v) is 13.5. The van der Waals surface area contributed by atoms with Crippen molar-refractivity contribution >= 4 is 11.7 Å². The topological polar surface area (TPSA) is 35.6 Å². The van der Waals surface area contributed by atoms with Crippen LogP contribution in [-0.4, -0.2) is 37.1 Å². The summed E-state index contributed by atoms with van der Waals surface area (Å²) >= 11 is 0. The van der Waals surface area contributed by atoms with Crippen LogP contribution in [-0.2, 0) is 6.54 Å². The van der Waals surface area contributed by atoms with Crippen molar-refractivity contribution in [1.29, 1.82) is 0 Å². The van der Waals surface area contributed by atoms with E-state index in [1.54, 1.807) is 17.0 Å². The number of halogens is 3. The number of carbonyl (C=O) groups excluding carboxylic acids is 1. The predicted molar refractivity (Wildman–Crippen MR) is 88.8 cm³/mol. The third-order valence-corrected chi connectivity index (χ3v) is 4.19. The molecule has 1 saturated heterocycles. The van der Waals surface area contributed by atoms with Crippen LogP contribution in [0.4, 0.5) is 23.7 Å². The van der Waals surface area contributed by atoms with Crippen LogP contribution in [0.3, 0.4) is 0 Å². The lowest BCUT2D eigenvalue weighted by molar-refractivity contribution is 0.194. The lowest BCUT2D eigenvalue weighted by atomic mass is 10.2. The number of anilines is 1. The second kappa shape index (κ2) is 7.46. The van der Waals surface area contributed by atoms with Crippen molar-refractivity contribution in [2.45, 2.75) is 6.54 Å². The summed E-state index contributed by atoms with van der Waals surface area (Å²) in [6, 6.07) is 9.54. The lowest BCUT2D eigenvalue weighted by Gasteiger charge is -2.36. The van der Waals surface area contributed by atoms with E-state index < -0.39 is 11.6 Å². The van der Waals surface area contributed by atoms with Crippen LogP contribution in [0.25, 0.3) is 0 Å². The summed E-state index contributed by atoms with van der Waals surface area (Å²) < 4.78 is 39.2. The maximum Gasteiger partial charge on any atom is 0.317 e. The van der Waals surface area contributed by atoms with E-state index in [0.717, 1.165) is 11.6 Å². The number of piperazine rings is 1. The number of rotatable bonds is 3. The predicted octanol–water partition coefficient (Wildman–Crippen LogP) is 3.14. The summed E-state index contributed by atoms with van der Waals surface area (Å²) in [5, 5.41) is 2.80. The van der Waals surface area contributed by atoms with E-state index in [-0.39, 0.29) is 11.8 Å². The molecule has 2 aromatic carbocycles. The SMILES string of the molecule is O=C(NCc1ccc(F)cc1)N1CCN(c2ccc(F)c(F)c2)CC1. The smallest absolute Gasteiger partial charge is 0.317 e. The first-order valence-corrected chi connectivity index (χ1v) is 8.00. The zero-order valence-electron chi connectivity index (χ0n) is 13.5. The molecule has 132 valence electrons. The maximum atomic E-state index is 13.3. The van der Waals surface area contributed by atoms with E-state index in [2.05, 4.69) is 5.32 Å². The van der Waals surface area contributed by atoms with Gasteiger partial charge in [0.05, 0.1) is 0 Å². The first kappa shape index (κ1) is 17.1. The highest BCUT2D eigenvalue weighted by Gasteiger charge is 2.21. The summed E-state index contributed by atoms with van der Waals surface area (Å²) in [4.78, 5) is 15.8. The van der Waals surface area contributed by atoms with Gasteiger partial charge in [-0.05, 0) is 29.8 Å². The van der Waals surface area contributed by atoms with E-state index in [1.807, 2.05) is 4.90 Å². The highest BCUT2D eigenvalue weighted by Crippen LogP contribution is 2.19. The maximum absolute atomic E-state index is 13.3. The Morgan fingerprint density at radius 2 is 1.60 bits per heavy atom. The second-order valence-corrected chi connectivity index (χ2v) is 5.86. The van der Waals surface area contributed by atoms with Gasteiger partial charge in [0.25, 0.3) is 0 Å². The third kappa shape index (κ3) is 4.23. The van der Waals surface area contributed by atoms with Crippen LogP contribution in [0.5, 0.6) is 0 Å². The molecule has 0 atom stereocenters. The minimum absolute atomic E-state index is 0.200. The van der Waals surface area contributed by atoms with Crippen molar-refractivity contribution in [2.75, 3.05) is 31.1 Å². The molecule has 0 unspecified atom stereocenters. The van der Waals surface area contributed by atoms with Gasteiger partial charge < -0.3 is 15.1 Å². The van der Waals surface area contributed by atoms with Gasteiger partial charge in [-0.2, -0.15) is 0 Å². The summed E-state index contributed by atoms with van der Waals surface area (Å²) in [7, 11) is 0. The molecule has 2 amide bonds. The third-order valence-electron chi connectivity index (χ3n) is 4.19. The first-order chi connectivity index (χ1) is 12.0. The van der Waals surface area contributed by atoms with E-state index in [9.17, 15) is 18.0 Å². The van der Waals surface area contributed by atoms with Crippen molar-refractivity contribution in [3.8, 4) is 0 Å². The van der Waals surface area contributed by atoms with E-state index in [0.29, 0.717) is 38.4 Å². The summed E-state index contributed by atoms with van der Waals surface area (Å²) in [6.45, 7) is 2.36. The van der Waals surface area contributed by atoms with Crippen molar-refractivity contribution in [3.05, 3.63) is 65.5 Å². The quantitative estimate of drug-likeness (QED) is 0.924. The Kier molecular flexibility index (Phi) is 5.11. The number of nitrogens with one attached hydrogen (secondary N) is 1. The van der Waals surface area contributed by atoms with Crippen LogP contribution in [0.2, 0.25) is 0 Å². The number of carbonyl (C=O) groups is 1.